The Balaban J connectivity index is 2.36. The first-order valence-corrected chi connectivity index (χ1v) is 6.96. The number of nitrogens with one attached hydrogen (secondary N) is 1. The maximum Gasteiger partial charge on any atom is 0.262 e. The van der Waals surface area contributed by atoms with Crippen LogP contribution in [0.5, 0.6) is 11.5 Å². The fourth-order valence-corrected chi connectivity index (χ4v) is 2.66. The van der Waals surface area contributed by atoms with E-state index in [1.54, 1.807) is 18.2 Å². The van der Waals surface area contributed by atoms with Crippen LogP contribution < -0.4 is 9.46 Å². The molecule has 19 heavy (non-hydrogen) atoms. The summed E-state index contributed by atoms with van der Waals surface area (Å²) in [5.41, 5.74) is 0.268. The molecule has 0 unspecified atom stereocenters. The van der Waals surface area contributed by atoms with Gasteiger partial charge in [0.1, 0.15) is 11.5 Å². The first-order chi connectivity index (χ1) is 9.03. The molecule has 0 aliphatic rings. The minimum atomic E-state index is -3.67. The van der Waals surface area contributed by atoms with Crippen molar-refractivity contribution in [1.82, 2.24) is 0 Å². The molecule has 2 N–H and O–H groups in total. The minimum absolute atomic E-state index is 0.000455. The predicted octanol–water partition coefficient (Wildman–Crippen LogP) is 2.20. The van der Waals surface area contributed by atoms with Gasteiger partial charge in [-0.2, -0.15) is 0 Å². The van der Waals surface area contributed by atoms with E-state index in [9.17, 15) is 13.5 Å². The molecule has 0 aromatic heterocycles. The van der Waals surface area contributed by atoms with E-state index in [4.69, 9.17) is 4.74 Å². The Kier molecular flexibility index (Phi) is 3.62. The first-order valence-electron chi connectivity index (χ1n) is 5.48. The number of hydrogen-bond donors (Lipinski definition) is 2. The van der Waals surface area contributed by atoms with E-state index in [-0.39, 0.29) is 22.1 Å². The van der Waals surface area contributed by atoms with E-state index < -0.39 is 10.0 Å². The summed E-state index contributed by atoms with van der Waals surface area (Å²) < 4.78 is 31.7. The third-order valence-corrected chi connectivity index (χ3v) is 3.86. The van der Waals surface area contributed by atoms with Gasteiger partial charge < -0.3 is 9.84 Å². The molecule has 0 spiro atoms. The lowest BCUT2D eigenvalue weighted by Crippen LogP contribution is -2.13. The summed E-state index contributed by atoms with van der Waals surface area (Å²) in [4.78, 5) is 0.158. The highest BCUT2D eigenvalue weighted by molar-refractivity contribution is 7.92. The van der Waals surface area contributed by atoms with Crippen molar-refractivity contribution in [1.29, 1.82) is 0 Å². The molecule has 2 rings (SSSR count). The van der Waals surface area contributed by atoms with Gasteiger partial charge >= 0.3 is 0 Å². The largest absolute Gasteiger partial charge is 0.508 e. The molecule has 0 heterocycles. The lowest BCUT2D eigenvalue weighted by atomic mass is 10.3. The van der Waals surface area contributed by atoms with Crippen molar-refractivity contribution < 1.29 is 18.3 Å². The predicted molar refractivity (Wildman–Crippen MR) is 71.9 cm³/mol. The number of aromatic hydroxyl groups is 1. The quantitative estimate of drug-likeness (QED) is 0.841. The molecule has 0 bridgehead atoms. The van der Waals surface area contributed by atoms with Gasteiger partial charge in [0.05, 0.1) is 17.7 Å². The first kappa shape index (κ1) is 13.2. The van der Waals surface area contributed by atoms with Crippen molar-refractivity contribution in [2.45, 2.75) is 4.90 Å². The molecule has 0 aliphatic heterocycles. The molecule has 5 nitrogen and oxygen atoms in total. The highest BCUT2D eigenvalue weighted by Gasteiger charge is 2.16. The summed E-state index contributed by atoms with van der Waals surface area (Å²) >= 11 is 0. The van der Waals surface area contributed by atoms with Gasteiger partial charge in [-0.15, -0.1) is 0 Å². The molecule has 0 radical (unpaired) electrons. The number of ether oxygens (including phenoxy) is 1. The van der Waals surface area contributed by atoms with Crippen molar-refractivity contribution in [2.24, 2.45) is 0 Å². The molecule has 0 saturated carbocycles. The van der Waals surface area contributed by atoms with E-state index in [1.165, 1.54) is 37.4 Å². The zero-order valence-corrected chi connectivity index (χ0v) is 11.0. The molecule has 0 saturated heterocycles. The Morgan fingerprint density at radius 1 is 1.11 bits per heavy atom. The van der Waals surface area contributed by atoms with Crippen LogP contribution in [0.2, 0.25) is 0 Å². The van der Waals surface area contributed by atoms with Crippen molar-refractivity contribution >= 4 is 15.7 Å². The number of benzene rings is 2. The van der Waals surface area contributed by atoms with Crippen molar-refractivity contribution in [2.75, 3.05) is 11.8 Å². The average molecular weight is 279 g/mol. The number of methoxy groups -OCH3 is 1. The molecule has 6 heteroatoms. The fourth-order valence-electron chi connectivity index (χ4n) is 1.57. The molecule has 0 fully saturated rings. The summed E-state index contributed by atoms with van der Waals surface area (Å²) in [6.45, 7) is 0. The Morgan fingerprint density at radius 3 is 2.42 bits per heavy atom. The van der Waals surface area contributed by atoms with Crippen LogP contribution >= 0.6 is 0 Å². The Labute approximate surface area is 111 Å². The number of sulfonamides is 1. The fraction of sp³-hybridized carbons (Fsp3) is 0.0769. The van der Waals surface area contributed by atoms with E-state index in [0.717, 1.165) is 0 Å². The second-order valence-corrected chi connectivity index (χ2v) is 5.49. The van der Waals surface area contributed by atoms with Gasteiger partial charge in [0.15, 0.2) is 0 Å². The normalized spacial score (nSPS) is 11.0. The Hall–Kier alpha value is -2.21. The lowest BCUT2D eigenvalue weighted by molar-refractivity contribution is 0.409. The van der Waals surface area contributed by atoms with Crippen LogP contribution in [-0.4, -0.2) is 20.6 Å². The zero-order chi connectivity index (χ0) is 13.9. The van der Waals surface area contributed by atoms with Gasteiger partial charge in [-0.1, -0.05) is 18.2 Å². The molecule has 2 aromatic rings. The van der Waals surface area contributed by atoms with Gasteiger partial charge in [0.25, 0.3) is 10.0 Å². The lowest BCUT2D eigenvalue weighted by Gasteiger charge is -2.12. The average Bonchev–Trinajstić information content (AvgIpc) is 2.41. The molecule has 100 valence electrons. The monoisotopic (exact) mass is 279 g/mol. The Bertz CT molecular complexity index is 668. The van der Waals surface area contributed by atoms with Crippen molar-refractivity contribution in [3.8, 4) is 11.5 Å². The maximum atomic E-state index is 12.1. The number of hydrogen-bond acceptors (Lipinski definition) is 4. The van der Waals surface area contributed by atoms with Crippen molar-refractivity contribution in [3.05, 3.63) is 48.5 Å². The summed E-state index contributed by atoms with van der Waals surface area (Å²) in [6.07, 6.45) is 0. The van der Waals surface area contributed by atoms with Crippen LogP contribution in [0.4, 0.5) is 5.69 Å². The second kappa shape index (κ2) is 5.19. The molecular weight excluding hydrogens is 266 g/mol. The SMILES string of the molecule is COc1cc(O)ccc1NS(=O)(=O)c1ccccc1. The van der Waals surface area contributed by atoms with Gasteiger partial charge in [-0.25, -0.2) is 8.42 Å². The number of rotatable bonds is 4. The van der Waals surface area contributed by atoms with E-state index >= 15 is 0 Å². The Morgan fingerprint density at radius 2 is 1.79 bits per heavy atom. The molecular formula is C13H13NO4S. The van der Waals surface area contributed by atoms with E-state index in [1.807, 2.05) is 0 Å². The summed E-state index contributed by atoms with van der Waals surface area (Å²) in [7, 11) is -2.27. The van der Waals surface area contributed by atoms with Crippen LogP contribution in [0.3, 0.4) is 0 Å². The van der Waals surface area contributed by atoms with Crippen LogP contribution in [0.1, 0.15) is 0 Å². The van der Waals surface area contributed by atoms with Gasteiger partial charge in [-0.05, 0) is 24.3 Å². The molecule has 2 aromatic carbocycles. The number of phenolic OH excluding ortho intramolecular Hbond substituents is 1. The molecule has 0 aliphatic carbocycles. The molecule has 0 atom stereocenters. The smallest absolute Gasteiger partial charge is 0.262 e. The van der Waals surface area contributed by atoms with Gasteiger partial charge in [0.2, 0.25) is 0 Å². The molecule has 0 amide bonds. The maximum absolute atomic E-state index is 12.1. The number of phenols is 1. The van der Waals surface area contributed by atoms with Crippen molar-refractivity contribution in [3.63, 3.8) is 0 Å². The van der Waals surface area contributed by atoms with Crippen LogP contribution in [0.25, 0.3) is 0 Å². The third kappa shape index (κ3) is 2.97. The summed E-state index contributed by atoms with van der Waals surface area (Å²) in [6, 6.07) is 12.2. The zero-order valence-electron chi connectivity index (χ0n) is 10.2. The minimum Gasteiger partial charge on any atom is -0.508 e. The van der Waals surface area contributed by atoms with E-state index in [0.29, 0.717) is 0 Å². The van der Waals surface area contributed by atoms with Gasteiger partial charge in [-0.3, -0.25) is 4.72 Å². The van der Waals surface area contributed by atoms with Gasteiger partial charge in [0, 0.05) is 6.07 Å². The second-order valence-electron chi connectivity index (χ2n) is 3.80. The number of anilines is 1. The van der Waals surface area contributed by atoms with Crippen LogP contribution in [-0.2, 0) is 10.0 Å². The standard InChI is InChI=1S/C13H13NO4S/c1-18-13-9-10(15)7-8-12(13)14-19(16,17)11-5-3-2-4-6-11/h2-9,14-15H,1H3. The van der Waals surface area contributed by atoms with Crippen LogP contribution in [0.15, 0.2) is 53.4 Å². The third-order valence-electron chi connectivity index (χ3n) is 2.48. The van der Waals surface area contributed by atoms with Crippen LogP contribution in [0, 0.1) is 0 Å². The van der Waals surface area contributed by atoms with E-state index in [2.05, 4.69) is 4.72 Å². The highest BCUT2D eigenvalue weighted by Crippen LogP contribution is 2.30. The summed E-state index contributed by atoms with van der Waals surface area (Å²) in [5, 5.41) is 9.33. The highest BCUT2D eigenvalue weighted by atomic mass is 32.2. The summed E-state index contributed by atoms with van der Waals surface area (Å²) in [5.74, 6) is 0.249. The topological polar surface area (TPSA) is 75.6 Å².